The summed E-state index contributed by atoms with van der Waals surface area (Å²) in [5.74, 6) is 0.983. The maximum atomic E-state index is 12.7. The van der Waals surface area contributed by atoms with Crippen LogP contribution in [0.1, 0.15) is 51.9 Å². The number of carbonyl (C=O) groups is 1. The number of hydroxylamine groups is 2. The largest absolute Gasteiger partial charge is 0.272 e. The predicted octanol–water partition coefficient (Wildman–Crippen LogP) is 3.62. The molecule has 2 fully saturated rings. The number of carbonyl (C=O) groups excluding carboxylic acids is 1. The molecule has 3 aliphatic rings. The minimum absolute atomic E-state index is 0.142. The van der Waals surface area contributed by atoms with Gasteiger partial charge in [-0.05, 0) is 30.8 Å². The fraction of sp³-hybridized carbons (Fsp3) is 0.706. The van der Waals surface area contributed by atoms with Crippen molar-refractivity contribution in [1.82, 2.24) is 5.06 Å². The Bertz CT molecular complexity index is 421. The minimum atomic E-state index is 0.142. The van der Waals surface area contributed by atoms with E-state index in [1.807, 2.05) is 0 Å². The molecule has 0 aromatic carbocycles. The fourth-order valence-corrected chi connectivity index (χ4v) is 3.61. The number of hydrogen-bond donors (Lipinski definition) is 0. The van der Waals surface area contributed by atoms with E-state index >= 15 is 0 Å². The van der Waals surface area contributed by atoms with Crippen LogP contribution in [0.15, 0.2) is 23.8 Å². The first-order valence-electron chi connectivity index (χ1n) is 8.10. The molecular weight excluding hydrogens is 250 g/mol. The zero-order valence-corrected chi connectivity index (χ0v) is 12.4. The number of nitrogens with zero attached hydrogens (tertiary/aromatic N) is 1. The number of amides is 1. The van der Waals surface area contributed by atoms with Crippen molar-refractivity contribution in [3.63, 3.8) is 0 Å². The third-order valence-corrected chi connectivity index (χ3v) is 4.76. The van der Waals surface area contributed by atoms with E-state index in [1.165, 1.54) is 24.8 Å². The lowest BCUT2D eigenvalue weighted by atomic mass is 9.87. The second kappa shape index (κ2) is 6.13. The molecule has 0 spiro atoms. The van der Waals surface area contributed by atoms with Gasteiger partial charge in [0.25, 0.3) is 0 Å². The van der Waals surface area contributed by atoms with Gasteiger partial charge >= 0.3 is 0 Å². The standard InChI is InChI=1S/C17H25NO2/c1-13-6-5-9-15(12-13)16-10-11-20-18(16)17(19)14-7-3-2-4-8-14/h5,9,12-14,16H,2-4,6-8,10-11H2,1H3/t13?,16-/m0/s1. The highest BCUT2D eigenvalue weighted by Crippen LogP contribution is 2.32. The highest BCUT2D eigenvalue weighted by atomic mass is 16.7. The molecule has 3 heteroatoms. The van der Waals surface area contributed by atoms with Gasteiger partial charge < -0.3 is 0 Å². The Labute approximate surface area is 121 Å². The Morgan fingerprint density at radius 2 is 2.05 bits per heavy atom. The molecule has 1 heterocycles. The Hall–Kier alpha value is -1.09. The molecule has 0 N–H and O–H groups in total. The monoisotopic (exact) mass is 275 g/mol. The second-order valence-corrected chi connectivity index (χ2v) is 6.42. The van der Waals surface area contributed by atoms with E-state index < -0.39 is 0 Å². The van der Waals surface area contributed by atoms with Gasteiger partial charge in [0.05, 0.1) is 12.6 Å². The van der Waals surface area contributed by atoms with Crippen LogP contribution in [-0.2, 0) is 9.63 Å². The lowest BCUT2D eigenvalue weighted by molar-refractivity contribution is -0.179. The van der Waals surface area contributed by atoms with E-state index in [1.54, 1.807) is 5.06 Å². The van der Waals surface area contributed by atoms with Crippen LogP contribution < -0.4 is 0 Å². The lowest BCUT2D eigenvalue weighted by Gasteiger charge is -2.30. The molecule has 0 radical (unpaired) electrons. The van der Waals surface area contributed by atoms with Crippen LogP contribution in [0.4, 0.5) is 0 Å². The highest BCUT2D eigenvalue weighted by Gasteiger charge is 2.36. The van der Waals surface area contributed by atoms with Gasteiger partial charge in [-0.2, -0.15) is 0 Å². The molecular formula is C17H25NO2. The van der Waals surface area contributed by atoms with Gasteiger partial charge in [0.2, 0.25) is 5.91 Å². The van der Waals surface area contributed by atoms with Crippen molar-refractivity contribution in [2.75, 3.05) is 6.61 Å². The maximum Gasteiger partial charge on any atom is 0.249 e. The second-order valence-electron chi connectivity index (χ2n) is 6.42. The Balaban J connectivity index is 1.71. The third-order valence-electron chi connectivity index (χ3n) is 4.76. The molecule has 1 unspecified atom stereocenters. The third kappa shape index (κ3) is 2.83. The van der Waals surface area contributed by atoms with Crippen LogP contribution in [0.3, 0.4) is 0 Å². The summed E-state index contributed by atoms with van der Waals surface area (Å²) in [6, 6.07) is 0.142. The lowest BCUT2D eigenvalue weighted by Crippen LogP contribution is -2.40. The summed E-state index contributed by atoms with van der Waals surface area (Å²) >= 11 is 0. The van der Waals surface area contributed by atoms with Gasteiger partial charge in [0, 0.05) is 12.3 Å². The van der Waals surface area contributed by atoms with E-state index in [0.29, 0.717) is 12.5 Å². The Morgan fingerprint density at radius 3 is 2.80 bits per heavy atom. The summed E-state index contributed by atoms with van der Waals surface area (Å²) in [7, 11) is 0. The van der Waals surface area contributed by atoms with Crippen LogP contribution in [0, 0.1) is 11.8 Å². The minimum Gasteiger partial charge on any atom is -0.272 e. The molecule has 2 atom stereocenters. The van der Waals surface area contributed by atoms with Gasteiger partial charge in [-0.15, -0.1) is 0 Å². The van der Waals surface area contributed by atoms with Crippen molar-refractivity contribution >= 4 is 5.91 Å². The van der Waals surface area contributed by atoms with Crippen molar-refractivity contribution in [2.45, 2.75) is 57.9 Å². The summed E-state index contributed by atoms with van der Waals surface area (Å²) in [6.07, 6.45) is 14.5. The van der Waals surface area contributed by atoms with E-state index in [-0.39, 0.29) is 17.9 Å². The first-order chi connectivity index (χ1) is 9.75. The van der Waals surface area contributed by atoms with Gasteiger partial charge in [-0.25, -0.2) is 5.06 Å². The zero-order valence-electron chi connectivity index (χ0n) is 12.4. The van der Waals surface area contributed by atoms with Crippen molar-refractivity contribution < 1.29 is 9.63 Å². The van der Waals surface area contributed by atoms with Crippen LogP contribution in [-0.4, -0.2) is 23.6 Å². The summed E-state index contributed by atoms with van der Waals surface area (Å²) in [5.41, 5.74) is 1.27. The molecule has 20 heavy (non-hydrogen) atoms. The van der Waals surface area contributed by atoms with Crippen molar-refractivity contribution in [2.24, 2.45) is 11.8 Å². The van der Waals surface area contributed by atoms with E-state index in [9.17, 15) is 4.79 Å². The van der Waals surface area contributed by atoms with Crippen LogP contribution >= 0.6 is 0 Å². The fourth-order valence-electron chi connectivity index (χ4n) is 3.61. The number of hydrogen-bond acceptors (Lipinski definition) is 2. The molecule has 1 amide bonds. The Morgan fingerprint density at radius 1 is 1.25 bits per heavy atom. The quantitative estimate of drug-likeness (QED) is 0.770. The van der Waals surface area contributed by atoms with Crippen molar-refractivity contribution in [3.8, 4) is 0 Å². The van der Waals surface area contributed by atoms with Gasteiger partial charge in [0.1, 0.15) is 0 Å². The topological polar surface area (TPSA) is 29.5 Å². The summed E-state index contributed by atoms with van der Waals surface area (Å²) in [6.45, 7) is 2.90. The highest BCUT2D eigenvalue weighted by molar-refractivity contribution is 5.79. The van der Waals surface area contributed by atoms with E-state index in [4.69, 9.17) is 4.84 Å². The van der Waals surface area contributed by atoms with E-state index in [0.717, 1.165) is 25.7 Å². The average molecular weight is 275 g/mol. The molecule has 1 saturated carbocycles. The first kappa shape index (κ1) is 13.9. The van der Waals surface area contributed by atoms with Crippen LogP contribution in [0.25, 0.3) is 0 Å². The molecule has 0 bridgehead atoms. The zero-order chi connectivity index (χ0) is 13.9. The van der Waals surface area contributed by atoms with Crippen LogP contribution in [0.2, 0.25) is 0 Å². The molecule has 0 aromatic heterocycles. The Kier molecular flexibility index (Phi) is 4.25. The molecule has 1 aliphatic heterocycles. The smallest absolute Gasteiger partial charge is 0.249 e. The van der Waals surface area contributed by atoms with Crippen molar-refractivity contribution in [3.05, 3.63) is 23.8 Å². The molecule has 110 valence electrons. The molecule has 0 aromatic rings. The average Bonchev–Trinajstić information content (AvgIpc) is 2.97. The number of rotatable bonds is 2. The summed E-state index contributed by atoms with van der Waals surface area (Å²) in [5, 5.41) is 1.70. The molecule has 3 rings (SSSR count). The predicted molar refractivity (Wildman–Crippen MR) is 78.8 cm³/mol. The summed E-state index contributed by atoms with van der Waals surface area (Å²) < 4.78 is 0. The van der Waals surface area contributed by atoms with Gasteiger partial charge in [0.15, 0.2) is 0 Å². The van der Waals surface area contributed by atoms with E-state index in [2.05, 4.69) is 25.2 Å². The van der Waals surface area contributed by atoms with Gasteiger partial charge in [-0.3, -0.25) is 9.63 Å². The normalized spacial score (nSPS) is 31.4. The van der Waals surface area contributed by atoms with Crippen LogP contribution in [0.5, 0.6) is 0 Å². The molecule has 3 nitrogen and oxygen atoms in total. The number of allylic oxidation sites excluding steroid dienone is 2. The molecule has 2 aliphatic carbocycles. The maximum absolute atomic E-state index is 12.7. The molecule has 1 saturated heterocycles. The summed E-state index contributed by atoms with van der Waals surface area (Å²) in [4.78, 5) is 18.4. The van der Waals surface area contributed by atoms with Gasteiger partial charge in [-0.1, -0.05) is 44.4 Å². The SMILES string of the molecule is CC1C=C([C@@H]2CCON2C(=O)C2CCCCC2)C=CC1. The van der Waals surface area contributed by atoms with Crippen molar-refractivity contribution in [1.29, 1.82) is 0 Å². The first-order valence-corrected chi connectivity index (χ1v) is 8.10.